The number of nitrogens with zero attached hydrogens (tertiary/aromatic N) is 3. The summed E-state index contributed by atoms with van der Waals surface area (Å²) in [6.07, 6.45) is 3.26. The van der Waals surface area contributed by atoms with Crippen LogP contribution in [-0.4, -0.2) is 49.0 Å². The van der Waals surface area contributed by atoms with E-state index in [4.69, 9.17) is 18.9 Å². The highest BCUT2D eigenvalue weighted by Gasteiger charge is 2.17. The third-order valence-electron chi connectivity index (χ3n) is 4.56. The van der Waals surface area contributed by atoms with Gasteiger partial charge >= 0.3 is 0 Å². The maximum Gasteiger partial charge on any atom is 0.268 e. The molecule has 0 saturated heterocycles. The number of hydrogen-bond donors (Lipinski definition) is 1. The molecule has 3 rings (SSSR count). The molecule has 11 heteroatoms. The molecule has 182 valence electrons. The molecule has 0 unspecified atom stereocenters. The Bertz CT molecular complexity index is 1230. The largest absolute Gasteiger partial charge is 0.493 e. The van der Waals surface area contributed by atoms with E-state index < -0.39 is 5.91 Å². The first-order valence-corrected chi connectivity index (χ1v) is 12.4. The van der Waals surface area contributed by atoms with Crippen LogP contribution in [0.4, 0.5) is 5.13 Å². The Morgan fingerprint density at radius 3 is 2.49 bits per heavy atom. The van der Waals surface area contributed by atoms with Crippen LogP contribution in [0.2, 0.25) is 0 Å². The first kappa shape index (κ1) is 25.9. The number of hydrogen-bond acceptors (Lipinski definition) is 10. The molecule has 0 fully saturated rings. The number of aromatic nitrogens is 2. The standard InChI is InChI=1S/C24H24N4O5S2/c1-15-6-5-7-18(10-15)32-8-9-33-21-19(30-2)12-16(13-20(21)31-3)11-17(14-25)22(29)26-23-27-24(34-4)28-35-23/h5-7,10-13H,8-9H2,1-4H3,(H,26,27,28,29). The van der Waals surface area contributed by atoms with Crippen molar-refractivity contribution in [3.63, 3.8) is 0 Å². The first-order valence-electron chi connectivity index (χ1n) is 10.4. The summed E-state index contributed by atoms with van der Waals surface area (Å²) in [5, 5.41) is 13.0. The molecule has 3 aromatic rings. The number of carbonyl (C=O) groups is 1. The monoisotopic (exact) mass is 512 g/mol. The van der Waals surface area contributed by atoms with Crippen LogP contribution in [-0.2, 0) is 4.79 Å². The summed E-state index contributed by atoms with van der Waals surface area (Å²) >= 11 is 2.40. The SMILES string of the molecule is COc1cc(C=C(C#N)C(=O)Nc2nc(SC)ns2)cc(OC)c1OCCOc1cccc(C)c1. The number of aryl methyl sites for hydroxylation is 1. The molecule has 0 saturated carbocycles. The number of carbonyl (C=O) groups excluding carboxylic acids is 1. The molecule has 0 radical (unpaired) electrons. The minimum Gasteiger partial charge on any atom is -0.493 e. The van der Waals surface area contributed by atoms with Gasteiger partial charge in [-0.15, -0.1) is 0 Å². The molecule has 0 aliphatic carbocycles. The van der Waals surface area contributed by atoms with Gasteiger partial charge in [-0.3, -0.25) is 10.1 Å². The van der Waals surface area contributed by atoms with Gasteiger partial charge in [0.1, 0.15) is 30.6 Å². The Hall–Kier alpha value is -3.75. The lowest BCUT2D eigenvalue weighted by atomic mass is 10.1. The second-order valence-corrected chi connectivity index (χ2v) is 8.50. The summed E-state index contributed by atoms with van der Waals surface area (Å²) in [7, 11) is 2.99. The number of nitrogens with one attached hydrogen (secondary N) is 1. The molecule has 35 heavy (non-hydrogen) atoms. The molecular weight excluding hydrogens is 488 g/mol. The average molecular weight is 513 g/mol. The van der Waals surface area contributed by atoms with Gasteiger partial charge in [0.2, 0.25) is 16.0 Å². The van der Waals surface area contributed by atoms with Crippen LogP contribution < -0.4 is 24.3 Å². The van der Waals surface area contributed by atoms with Crippen LogP contribution in [0.15, 0.2) is 47.1 Å². The van der Waals surface area contributed by atoms with E-state index in [1.807, 2.05) is 43.5 Å². The number of nitriles is 1. The predicted octanol–water partition coefficient (Wildman–Crippen LogP) is 4.59. The van der Waals surface area contributed by atoms with Crippen molar-refractivity contribution in [2.24, 2.45) is 0 Å². The Kier molecular flexibility index (Phi) is 9.34. The molecule has 0 aliphatic heterocycles. The van der Waals surface area contributed by atoms with Gasteiger partial charge in [0, 0.05) is 11.5 Å². The van der Waals surface area contributed by atoms with Crippen molar-refractivity contribution in [2.45, 2.75) is 12.1 Å². The number of ether oxygens (including phenoxy) is 4. The fourth-order valence-corrected chi connectivity index (χ4v) is 4.08. The van der Waals surface area contributed by atoms with Gasteiger partial charge in [-0.2, -0.15) is 14.6 Å². The van der Waals surface area contributed by atoms with Gasteiger partial charge < -0.3 is 18.9 Å². The molecule has 1 aromatic heterocycles. The zero-order chi connectivity index (χ0) is 25.2. The fourth-order valence-electron chi connectivity index (χ4n) is 2.96. The molecule has 9 nitrogen and oxygen atoms in total. The van der Waals surface area contributed by atoms with Crippen LogP contribution in [0.3, 0.4) is 0 Å². The maximum absolute atomic E-state index is 12.6. The molecule has 0 spiro atoms. The van der Waals surface area contributed by atoms with Crippen molar-refractivity contribution in [3.05, 3.63) is 53.1 Å². The second-order valence-electron chi connectivity index (χ2n) is 6.98. The lowest BCUT2D eigenvalue weighted by Crippen LogP contribution is -2.13. The summed E-state index contributed by atoms with van der Waals surface area (Å²) in [5.41, 5.74) is 1.51. The van der Waals surface area contributed by atoms with Crippen LogP contribution in [0.25, 0.3) is 6.08 Å². The summed E-state index contributed by atoms with van der Waals surface area (Å²) in [6, 6.07) is 13.0. The Morgan fingerprint density at radius 1 is 1.17 bits per heavy atom. The van der Waals surface area contributed by atoms with E-state index in [-0.39, 0.29) is 12.2 Å². The van der Waals surface area contributed by atoms with Crippen molar-refractivity contribution in [3.8, 4) is 29.1 Å². The number of rotatable bonds is 11. The number of methoxy groups -OCH3 is 2. The van der Waals surface area contributed by atoms with Gasteiger partial charge in [0.05, 0.1) is 14.2 Å². The van der Waals surface area contributed by atoms with E-state index in [1.165, 1.54) is 32.1 Å². The van der Waals surface area contributed by atoms with Crippen LogP contribution in [0.5, 0.6) is 23.0 Å². The third kappa shape index (κ3) is 7.11. The second kappa shape index (κ2) is 12.6. The van der Waals surface area contributed by atoms with Crippen molar-refractivity contribution < 1.29 is 23.7 Å². The van der Waals surface area contributed by atoms with Gasteiger partial charge in [0.15, 0.2) is 11.5 Å². The first-order chi connectivity index (χ1) is 17.0. The van der Waals surface area contributed by atoms with E-state index >= 15 is 0 Å². The number of anilines is 1. The number of benzene rings is 2. The zero-order valence-electron chi connectivity index (χ0n) is 19.7. The van der Waals surface area contributed by atoms with Crippen LogP contribution >= 0.6 is 23.3 Å². The summed E-state index contributed by atoms with van der Waals surface area (Å²) in [6.45, 7) is 2.57. The molecule has 0 bridgehead atoms. The van der Waals surface area contributed by atoms with Gasteiger partial charge in [-0.1, -0.05) is 23.9 Å². The van der Waals surface area contributed by atoms with Crippen molar-refractivity contribution in [1.82, 2.24) is 9.36 Å². The quantitative estimate of drug-likeness (QED) is 0.170. The summed E-state index contributed by atoms with van der Waals surface area (Å²) in [5.74, 6) is 1.33. The minimum atomic E-state index is -0.595. The topological polar surface area (TPSA) is 116 Å². The van der Waals surface area contributed by atoms with Crippen molar-refractivity contribution >= 4 is 40.4 Å². The highest BCUT2D eigenvalue weighted by molar-refractivity contribution is 7.98. The fraction of sp³-hybridized carbons (Fsp3) is 0.250. The molecular formula is C24H24N4O5S2. The molecule has 2 aromatic carbocycles. The smallest absolute Gasteiger partial charge is 0.268 e. The number of amides is 1. The molecule has 0 atom stereocenters. The van der Waals surface area contributed by atoms with E-state index in [0.717, 1.165) is 22.8 Å². The highest BCUT2D eigenvalue weighted by Crippen LogP contribution is 2.39. The highest BCUT2D eigenvalue weighted by atomic mass is 32.2. The molecule has 1 amide bonds. The zero-order valence-corrected chi connectivity index (χ0v) is 21.3. The maximum atomic E-state index is 12.6. The van der Waals surface area contributed by atoms with Gasteiger partial charge in [0.25, 0.3) is 5.91 Å². The normalized spacial score (nSPS) is 10.9. The lowest BCUT2D eigenvalue weighted by molar-refractivity contribution is -0.112. The minimum absolute atomic E-state index is 0.116. The van der Waals surface area contributed by atoms with E-state index in [9.17, 15) is 10.1 Å². The van der Waals surface area contributed by atoms with Gasteiger partial charge in [-0.25, -0.2) is 0 Å². The van der Waals surface area contributed by atoms with E-state index in [2.05, 4.69) is 14.7 Å². The van der Waals surface area contributed by atoms with E-state index in [1.54, 1.807) is 12.1 Å². The molecule has 1 N–H and O–H groups in total. The van der Waals surface area contributed by atoms with E-state index in [0.29, 0.717) is 39.7 Å². The van der Waals surface area contributed by atoms with Crippen LogP contribution in [0.1, 0.15) is 11.1 Å². The average Bonchev–Trinajstić information content (AvgIpc) is 3.32. The summed E-state index contributed by atoms with van der Waals surface area (Å²) < 4.78 is 26.6. The lowest BCUT2D eigenvalue weighted by Gasteiger charge is -2.16. The Labute approximate surface area is 211 Å². The molecule has 0 aliphatic rings. The Morgan fingerprint density at radius 2 is 1.89 bits per heavy atom. The molecule has 1 heterocycles. The van der Waals surface area contributed by atoms with Gasteiger partial charge in [-0.05, 0) is 54.6 Å². The Balaban J connectivity index is 1.73. The third-order valence-corrected chi connectivity index (χ3v) is 5.85. The number of thioether (sulfide) groups is 1. The summed E-state index contributed by atoms with van der Waals surface area (Å²) in [4.78, 5) is 16.7. The van der Waals surface area contributed by atoms with Crippen LogP contribution in [0, 0.1) is 18.3 Å². The van der Waals surface area contributed by atoms with Crippen molar-refractivity contribution in [1.29, 1.82) is 5.26 Å². The van der Waals surface area contributed by atoms with Crippen molar-refractivity contribution in [2.75, 3.05) is 39.0 Å². The predicted molar refractivity (Wildman–Crippen MR) is 136 cm³/mol.